The lowest BCUT2D eigenvalue weighted by atomic mass is 10.2. The molecule has 1 aromatic rings. The van der Waals surface area contributed by atoms with Crippen LogP contribution in [0.2, 0.25) is 0 Å². The van der Waals surface area contributed by atoms with E-state index in [4.69, 9.17) is 4.55 Å². The Morgan fingerprint density at radius 1 is 1.43 bits per heavy atom. The molecule has 1 unspecified atom stereocenters. The lowest BCUT2D eigenvalue weighted by molar-refractivity contribution is -0.385. The molecular formula is C10H7BrF3NO7S. The maximum atomic E-state index is 12.7. The number of halogens is 4. The number of esters is 1. The monoisotopic (exact) mass is 421 g/mol. The average molecular weight is 422 g/mol. The third kappa shape index (κ3) is 5.44. The second-order valence-corrected chi connectivity index (χ2v) is 6.37. The van der Waals surface area contributed by atoms with Gasteiger partial charge in [-0.15, -0.1) is 0 Å². The number of carbonyl (C=O) groups excluding carboxylic acids is 1. The second-order valence-electron chi connectivity index (χ2n) is 4.08. The Balaban J connectivity index is 3.14. The first kappa shape index (κ1) is 19.3. The van der Waals surface area contributed by atoms with Crippen molar-refractivity contribution in [3.8, 4) is 0 Å². The minimum absolute atomic E-state index is 0.428. The molecule has 0 radical (unpaired) electrons. The molecule has 0 heterocycles. The van der Waals surface area contributed by atoms with Gasteiger partial charge in [-0.25, -0.2) is 4.79 Å². The number of nitrogens with zero attached hydrogens (tertiary/aromatic N) is 1. The van der Waals surface area contributed by atoms with Gasteiger partial charge in [0.15, 0.2) is 0 Å². The number of alkyl halides is 3. The molecule has 1 atom stereocenters. The third-order valence-electron chi connectivity index (χ3n) is 2.37. The third-order valence-corrected chi connectivity index (χ3v) is 3.93. The fourth-order valence-corrected chi connectivity index (χ4v) is 2.61. The molecule has 0 aromatic heterocycles. The van der Waals surface area contributed by atoms with E-state index in [9.17, 15) is 36.5 Å². The summed E-state index contributed by atoms with van der Waals surface area (Å²) in [6.07, 6.45) is -8.39. The van der Waals surface area contributed by atoms with E-state index < -0.39 is 54.8 Å². The lowest BCUT2D eigenvalue weighted by Crippen LogP contribution is -2.39. The Bertz CT molecular complexity index is 734. The lowest BCUT2D eigenvalue weighted by Gasteiger charge is -2.19. The van der Waals surface area contributed by atoms with Crippen LogP contribution in [0.15, 0.2) is 22.7 Å². The molecule has 1 aromatic carbocycles. The van der Waals surface area contributed by atoms with Gasteiger partial charge in [-0.2, -0.15) is 21.6 Å². The van der Waals surface area contributed by atoms with Crippen molar-refractivity contribution in [2.45, 2.75) is 12.3 Å². The van der Waals surface area contributed by atoms with Crippen LogP contribution in [0.3, 0.4) is 0 Å². The standard InChI is InChI=1S/C10H7BrF3NO7S/c11-8-5(2-1-3-6(8)15(17)18)9(16)22-7(10(12,13)14)4-23(19,20)21/h1-3,7H,4H2,(H,19,20,21). The van der Waals surface area contributed by atoms with Crippen LogP contribution >= 0.6 is 15.9 Å². The van der Waals surface area contributed by atoms with Crippen molar-refractivity contribution < 1.29 is 40.6 Å². The van der Waals surface area contributed by atoms with Crippen LogP contribution in [0.1, 0.15) is 10.4 Å². The highest BCUT2D eigenvalue weighted by Crippen LogP contribution is 2.30. The van der Waals surface area contributed by atoms with Gasteiger partial charge in [0, 0.05) is 6.07 Å². The molecule has 0 aliphatic carbocycles. The first-order valence-corrected chi connectivity index (χ1v) is 7.89. The van der Waals surface area contributed by atoms with E-state index in [-0.39, 0.29) is 0 Å². The summed E-state index contributed by atoms with van der Waals surface area (Å²) in [6.45, 7) is 0. The summed E-state index contributed by atoms with van der Waals surface area (Å²) >= 11 is 2.69. The van der Waals surface area contributed by atoms with Crippen molar-refractivity contribution in [1.29, 1.82) is 0 Å². The molecule has 1 rings (SSSR count). The summed E-state index contributed by atoms with van der Waals surface area (Å²) in [6, 6.07) is 2.96. The SMILES string of the molecule is O=C(OC(CS(=O)(=O)O)C(F)(F)F)c1cccc([N+](=O)[O-])c1Br. The molecule has 0 saturated carbocycles. The molecule has 0 amide bonds. The van der Waals surface area contributed by atoms with E-state index in [1.165, 1.54) is 0 Å². The van der Waals surface area contributed by atoms with Gasteiger partial charge in [-0.05, 0) is 22.0 Å². The molecule has 13 heteroatoms. The zero-order valence-corrected chi connectivity index (χ0v) is 13.2. The molecule has 0 bridgehead atoms. The molecule has 1 N–H and O–H groups in total. The molecule has 0 aliphatic rings. The number of benzene rings is 1. The predicted molar refractivity (Wildman–Crippen MR) is 72.5 cm³/mol. The van der Waals surface area contributed by atoms with E-state index in [2.05, 4.69) is 20.7 Å². The molecular weight excluding hydrogens is 415 g/mol. The Labute approximate surface area is 135 Å². The van der Waals surface area contributed by atoms with E-state index >= 15 is 0 Å². The number of ether oxygens (including phenoxy) is 1. The fraction of sp³-hybridized carbons (Fsp3) is 0.300. The largest absolute Gasteiger partial charge is 0.448 e. The van der Waals surface area contributed by atoms with Gasteiger partial charge in [0.25, 0.3) is 15.8 Å². The van der Waals surface area contributed by atoms with Crippen LogP contribution in [0, 0.1) is 10.1 Å². The molecule has 0 aliphatic heterocycles. The van der Waals surface area contributed by atoms with Crippen LogP contribution in [-0.2, 0) is 14.9 Å². The van der Waals surface area contributed by atoms with Crippen molar-refractivity contribution >= 4 is 37.7 Å². The Hall–Kier alpha value is -1.73. The van der Waals surface area contributed by atoms with Crippen LogP contribution in [0.4, 0.5) is 18.9 Å². The number of nitro benzene ring substituents is 1. The van der Waals surface area contributed by atoms with Crippen molar-refractivity contribution in [2.75, 3.05) is 5.75 Å². The molecule has 23 heavy (non-hydrogen) atoms. The molecule has 128 valence electrons. The number of hydrogen-bond acceptors (Lipinski definition) is 6. The van der Waals surface area contributed by atoms with E-state index in [0.29, 0.717) is 0 Å². The number of carbonyl (C=O) groups is 1. The first-order chi connectivity index (χ1) is 10.3. The zero-order chi connectivity index (χ0) is 18.0. The van der Waals surface area contributed by atoms with Crippen LogP contribution in [-0.4, -0.2) is 41.9 Å². The molecule has 0 fully saturated rings. The van der Waals surface area contributed by atoms with Gasteiger partial charge in [-0.1, -0.05) is 6.07 Å². The zero-order valence-electron chi connectivity index (χ0n) is 10.8. The number of nitro groups is 1. The average Bonchev–Trinajstić information content (AvgIpc) is 2.34. The first-order valence-electron chi connectivity index (χ1n) is 5.48. The van der Waals surface area contributed by atoms with Gasteiger partial charge in [-0.3, -0.25) is 14.7 Å². The molecule has 0 spiro atoms. The van der Waals surface area contributed by atoms with Gasteiger partial charge < -0.3 is 4.74 Å². The van der Waals surface area contributed by atoms with Crippen molar-refractivity contribution in [3.63, 3.8) is 0 Å². The predicted octanol–water partition coefficient (Wildman–Crippen LogP) is 2.33. The second kappa shape index (κ2) is 6.80. The van der Waals surface area contributed by atoms with Gasteiger partial charge >= 0.3 is 12.1 Å². The Morgan fingerprint density at radius 3 is 2.43 bits per heavy atom. The van der Waals surface area contributed by atoms with Crippen LogP contribution < -0.4 is 0 Å². The normalized spacial score (nSPS) is 13.4. The van der Waals surface area contributed by atoms with Gasteiger partial charge in [0.2, 0.25) is 6.10 Å². The Kier molecular flexibility index (Phi) is 5.71. The molecule has 8 nitrogen and oxygen atoms in total. The summed E-state index contributed by atoms with van der Waals surface area (Å²) in [4.78, 5) is 21.5. The maximum absolute atomic E-state index is 12.7. The highest BCUT2D eigenvalue weighted by atomic mass is 79.9. The van der Waals surface area contributed by atoms with Crippen LogP contribution in [0.5, 0.6) is 0 Å². The fourth-order valence-electron chi connectivity index (χ4n) is 1.40. The maximum Gasteiger partial charge on any atom is 0.426 e. The highest BCUT2D eigenvalue weighted by molar-refractivity contribution is 9.10. The summed E-state index contributed by atoms with van der Waals surface area (Å²) in [5.74, 6) is -3.54. The minimum atomic E-state index is -5.27. The van der Waals surface area contributed by atoms with Gasteiger partial charge in [0.1, 0.15) is 10.2 Å². The molecule has 0 saturated heterocycles. The van der Waals surface area contributed by atoms with E-state index in [1.807, 2.05) is 0 Å². The summed E-state index contributed by atoms with van der Waals surface area (Å²) in [5.41, 5.74) is -1.21. The smallest absolute Gasteiger partial charge is 0.426 e. The summed E-state index contributed by atoms with van der Waals surface area (Å²) in [7, 11) is -5.08. The summed E-state index contributed by atoms with van der Waals surface area (Å²) < 4.78 is 71.2. The highest BCUT2D eigenvalue weighted by Gasteiger charge is 2.45. The number of hydrogen-bond donors (Lipinski definition) is 1. The Morgan fingerprint density at radius 2 is 2.00 bits per heavy atom. The topological polar surface area (TPSA) is 124 Å². The summed E-state index contributed by atoms with van der Waals surface area (Å²) in [5, 5.41) is 10.7. The van der Waals surface area contributed by atoms with Crippen molar-refractivity contribution in [3.05, 3.63) is 38.3 Å². The van der Waals surface area contributed by atoms with Crippen LogP contribution in [0.25, 0.3) is 0 Å². The van der Waals surface area contributed by atoms with E-state index in [1.54, 1.807) is 0 Å². The minimum Gasteiger partial charge on any atom is -0.448 e. The van der Waals surface area contributed by atoms with E-state index in [0.717, 1.165) is 18.2 Å². The van der Waals surface area contributed by atoms with Gasteiger partial charge in [0.05, 0.1) is 10.5 Å². The quantitative estimate of drug-likeness (QED) is 0.334. The van der Waals surface area contributed by atoms with Crippen molar-refractivity contribution in [2.24, 2.45) is 0 Å². The van der Waals surface area contributed by atoms with Crippen molar-refractivity contribution in [1.82, 2.24) is 0 Å². The number of rotatable bonds is 5.